The van der Waals surface area contributed by atoms with E-state index in [2.05, 4.69) is 27.3 Å². The van der Waals surface area contributed by atoms with E-state index in [9.17, 15) is 5.11 Å². The van der Waals surface area contributed by atoms with Crippen molar-refractivity contribution in [2.45, 2.75) is 37.0 Å². The summed E-state index contributed by atoms with van der Waals surface area (Å²) in [6, 6.07) is 1.98. The SMILES string of the molecule is COc1cc(Br)c2c3c1O[C@H]1C[C@H](O)C=C[C@@]31CCNC2. The fourth-order valence-electron chi connectivity index (χ4n) is 3.90. The van der Waals surface area contributed by atoms with Crippen LogP contribution in [0.5, 0.6) is 11.5 Å². The quantitative estimate of drug-likeness (QED) is 0.762. The number of methoxy groups -OCH3 is 1. The van der Waals surface area contributed by atoms with E-state index in [4.69, 9.17) is 9.47 Å². The van der Waals surface area contributed by atoms with Crippen molar-refractivity contribution < 1.29 is 14.6 Å². The predicted molar refractivity (Wildman–Crippen MR) is 82.9 cm³/mol. The smallest absolute Gasteiger partial charge is 0.166 e. The molecule has 3 atom stereocenters. The molecule has 0 saturated heterocycles. The lowest BCUT2D eigenvalue weighted by Crippen LogP contribution is -2.42. The molecule has 0 aromatic heterocycles. The van der Waals surface area contributed by atoms with Crippen LogP contribution in [-0.4, -0.2) is 31.0 Å². The lowest BCUT2D eigenvalue weighted by atomic mass is 9.69. The highest BCUT2D eigenvalue weighted by Gasteiger charge is 2.52. The Morgan fingerprint density at radius 2 is 2.38 bits per heavy atom. The first-order valence-electron chi connectivity index (χ1n) is 7.30. The molecule has 0 amide bonds. The third-order valence-corrected chi connectivity index (χ3v) is 5.61. The fraction of sp³-hybridized carbons (Fsp3) is 0.500. The van der Waals surface area contributed by atoms with E-state index in [0.29, 0.717) is 6.42 Å². The van der Waals surface area contributed by atoms with Gasteiger partial charge in [0, 0.05) is 23.0 Å². The largest absolute Gasteiger partial charge is 0.493 e. The van der Waals surface area contributed by atoms with E-state index < -0.39 is 6.10 Å². The van der Waals surface area contributed by atoms with Gasteiger partial charge in [-0.3, -0.25) is 0 Å². The van der Waals surface area contributed by atoms with Crippen LogP contribution in [0.2, 0.25) is 0 Å². The average molecular weight is 352 g/mol. The second-order valence-electron chi connectivity index (χ2n) is 5.98. The van der Waals surface area contributed by atoms with Gasteiger partial charge in [-0.05, 0) is 24.6 Å². The molecule has 1 aromatic rings. The first-order valence-corrected chi connectivity index (χ1v) is 8.09. The number of nitrogens with one attached hydrogen (secondary N) is 1. The van der Waals surface area contributed by atoms with E-state index in [1.54, 1.807) is 7.11 Å². The van der Waals surface area contributed by atoms with E-state index >= 15 is 0 Å². The van der Waals surface area contributed by atoms with Crippen LogP contribution in [0.25, 0.3) is 0 Å². The highest BCUT2D eigenvalue weighted by atomic mass is 79.9. The van der Waals surface area contributed by atoms with Gasteiger partial charge in [0.15, 0.2) is 11.5 Å². The molecule has 3 aliphatic rings. The van der Waals surface area contributed by atoms with Gasteiger partial charge < -0.3 is 19.9 Å². The summed E-state index contributed by atoms with van der Waals surface area (Å²) in [6.45, 7) is 1.75. The highest BCUT2D eigenvalue weighted by Crippen LogP contribution is 2.56. The Morgan fingerprint density at radius 3 is 3.19 bits per heavy atom. The molecular formula is C16H18BrNO3. The lowest BCUT2D eigenvalue weighted by molar-refractivity contribution is 0.0851. The Bertz CT molecular complexity index is 630. The van der Waals surface area contributed by atoms with Crippen LogP contribution >= 0.6 is 15.9 Å². The normalized spacial score (nSPS) is 32.9. The van der Waals surface area contributed by atoms with Crippen molar-refractivity contribution in [3.8, 4) is 11.5 Å². The van der Waals surface area contributed by atoms with E-state index in [1.165, 1.54) is 11.1 Å². The molecule has 0 unspecified atom stereocenters. The molecule has 1 spiro atoms. The molecule has 1 aromatic carbocycles. The van der Waals surface area contributed by atoms with Crippen molar-refractivity contribution in [2.24, 2.45) is 0 Å². The summed E-state index contributed by atoms with van der Waals surface area (Å²) in [6.07, 6.45) is 5.22. The molecule has 0 fully saturated rings. The number of aliphatic hydroxyl groups excluding tert-OH is 1. The Morgan fingerprint density at radius 1 is 1.52 bits per heavy atom. The third-order valence-electron chi connectivity index (χ3n) is 4.91. The number of ether oxygens (including phenoxy) is 2. The van der Waals surface area contributed by atoms with Gasteiger partial charge in [-0.1, -0.05) is 28.1 Å². The van der Waals surface area contributed by atoms with Crippen molar-refractivity contribution in [1.29, 1.82) is 0 Å². The van der Waals surface area contributed by atoms with Crippen LogP contribution in [0.15, 0.2) is 22.7 Å². The van der Waals surface area contributed by atoms with Gasteiger partial charge >= 0.3 is 0 Å². The molecule has 0 radical (unpaired) electrons. The minimum absolute atomic E-state index is 0.0191. The maximum atomic E-state index is 9.96. The first kappa shape index (κ1) is 13.6. The first-order chi connectivity index (χ1) is 10.2. The zero-order valence-electron chi connectivity index (χ0n) is 11.9. The summed E-state index contributed by atoms with van der Waals surface area (Å²) < 4.78 is 12.8. The topological polar surface area (TPSA) is 50.7 Å². The number of rotatable bonds is 1. The van der Waals surface area contributed by atoms with E-state index in [0.717, 1.165) is 35.5 Å². The van der Waals surface area contributed by atoms with Gasteiger partial charge in [0.2, 0.25) is 0 Å². The van der Waals surface area contributed by atoms with Crippen LogP contribution in [0.1, 0.15) is 24.0 Å². The van der Waals surface area contributed by atoms with Gasteiger partial charge in [-0.15, -0.1) is 0 Å². The molecule has 2 heterocycles. The average Bonchev–Trinajstić information content (AvgIpc) is 2.67. The molecular weight excluding hydrogens is 334 g/mol. The lowest BCUT2D eigenvalue weighted by Gasteiger charge is -2.35. The molecule has 5 heteroatoms. The molecule has 0 saturated carbocycles. The minimum Gasteiger partial charge on any atom is -0.493 e. The molecule has 0 bridgehead atoms. The molecule has 2 aliphatic heterocycles. The monoisotopic (exact) mass is 351 g/mol. The summed E-state index contributed by atoms with van der Waals surface area (Å²) >= 11 is 3.67. The predicted octanol–water partition coefficient (Wildman–Crippen LogP) is 2.27. The molecule has 4 nitrogen and oxygen atoms in total. The summed E-state index contributed by atoms with van der Waals surface area (Å²) in [5.41, 5.74) is 2.32. The van der Waals surface area contributed by atoms with Crippen molar-refractivity contribution in [1.82, 2.24) is 5.32 Å². The maximum absolute atomic E-state index is 9.96. The fourth-order valence-corrected chi connectivity index (χ4v) is 4.44. The summed E-state index contributed by atoms with van der Waals surface area (Å²) in [5.74, 6) is 1.61. The van der Waals surface area contributed by atoms with Gasteiger partial charge in [0.05, 0.1) is 18.6 Å². The maximum Gasteiger partial charge on any atom is 0.166 e. The Hall–Kier alpha value is -1.04. The van der Waals surface area contributed by atoms with Gasteiger partial charge in [-0.25, -0.2) is 0 Å². The summed E-state index contributed by atoms with van der Waals surface area (Å²) in [4.78, 5) is 0. The number of hydrogen-bond donors (Lipinski definition) is 2. The second-order valence-corrected chi connectivity index (χ2v) is 6.83. The number of hydrogen-bond acceptors (Lipinski definition) is 4. The van der Waals surface area contributed by atoms with Gasteiger partial charge in [-0.2, -0.15) is 0 Å². The number of benzene rings is 1. The Kier molecular flexibility index (Phi) is 3.07. The highest BCUT2D eigenvalue weighted by molar-refractivity contribution is 9.10. The van der Waals surface area contributed by atoms with Crippen molar-refractivity contribution >= 4 is 15.9 Å². The van der Waals surface area contributed by atoms with Crippen LogP contribution in [-0.2, 0) is 12.0 Å². The van der Waals surface area contributed by atoms with Crippen LogP contribution < -0.4 is 14.8 Å². The standard InChI is InChI=1S/C16H18BrNO3/c1-20-12-7-11(17)10-8-18-5-4-16-3-2-9(19)6-13(16)21-15(12)14(10)16/h2-3,7,9,13,18-19H,4-6,8H2,1H3/t9-,13+,16+/m1/s1. The second kappa shape index (κ2) is 4.73. The van der Waals surface area contributed by atoms with Crippen molar-refractivity contribution in [2.75, 3.05) is 13.7 Å². The molecule has 1 aliphatic carbocycles. The summed E-state index contributed by atoms with van der Waals surface area (Å²) in [7, 11) is 1.67. The van der Waals surface area contributed by atoms with Crippen LogP contribution in [0, 0.1) is 0 Å². The molecule has 21 heavy (non-hydrogen) atoms. The van der Waals surface area contributed by atoms with E-state index in [-0.39, 0.29) is 11.5 Å². The Balaban J connectivity index is 2.00. The summed E-state index contributed by atoms with van der Waals surface area (Å²) in [5, 5.41) is 13.5. The molecule has 4 rings (SSSR count). The van der Waals surface area contributed by atoms with Crippen molar-refractivity contribution in [3.05, 3.63) is 33.8 Å². The zero-order chi connectivity index (χ0) is 14.6. The van der Waals surface area contributed by atoms with Gasteiger partial charge in [0.25, 0.3) is 0 Å². The Labute approximate surface area is 132 Å². The minimum atomic E-state index is -0.427. The molecule has 2 N–H and O–H groups in total. The van der Waals surface area contributed by atoms with Gasteiger partial charge in [0.1, 0.15) is 6.10 Å². The molecule has 112 valence electrons. The van der Waals surface area contributed by atoms with E-state index in [1.807, 2.05) is 12.1 Å². The van der Waals surface area contributed by atoms with Crippen molar-refractivity contribution in [3.63, 3.8) is 0 Å². The number of aliphatic hydroxyl groups is 1. The van der Waals surface area contributed by atoms with Crippen LogP contribution in [0.4, 0.5) is 0 Å². The van der Waals surface area contributed by atoms with Crippen LogP contribution in [0.3, 0.4) is 0 Å². The number of halogens is 1. The zero-order valence-corrected chi connectivity index (χ0v) is 13.4. The third kappa shape index (κ3) is 1.81.